The highest BCUT2D eigenvalue weighted by molar-refractivity contribution is 6.06. The van der Waals surface area contributed by atoms with Gasteiger partial charge >= 0.3 is 5.79 Å². The number of carbonyl (C=O) groups is 1. The summed E-state index contributed by atoms with van der Waals surface area (Å²) in [4.78, 5) is 13.2. The van der Waals surface area contributed by atoms with Crippen molar-refractivity contribution in [1.82, 2.24) is 0 Å². The summed E-state index contributed by atoms with van der Waals surface area (Å²) in [7, 11) is 0. The topological polar surface area (TPSA) is 247 Å². The Bertz CT molecular complexity index is 1800. The molecule has 0 amide bonds. The maximum atomic E-state index is 13.2. The average molecular weight is 625 g/mol. The van der Waals surface area contributed by atoms with Crippen LogP contribution in [0.15, 0.2) is 54.6 Å². The van der Waals surface area contributed by atoms with Crippen molar-refractivity contribution in [3.05, 3.63) is 76.9 Å². The molecule has 4 atom stereocenters. The summed E-state index contributed by atoms with van der Waals surface area (Å²) < 4.78 is 18.0. The van der Waals surface area contributed by atoms with E-state index < -0.39 is 81.4 Å². The molecule has 0 saturated heterocycles. The number of Topliss-reactive ketones (excluding diaryl/α,β-unsaturated/α-hetero) is 1. The molecule has 236 valence electrons. The number of phenolic OH excluding ortho intramolecular Hbond substituents is 8. The van der Waals surface area contributed by atoms with Gasteiger partial charge in [0.25, 0.3) is 0 Å². The van der Waals surface area contributed by atoms with Gasteiger partial charge in [-0.25, -0.2) is 0 Å². The smallest absolute Gasteiger partial charge is 0.304 e. The lowest BCUT2D eigenvalue weighted by Crippen LogP contribution is -2.49. The number of ether oxygens (including phenoxy) is 3. The van der Waals surface area contributed by atoms with Crippen LogP contribution in [0.4, 0.5) is 0 Å². The molecule has 0 spiro atoms. The SMILES string of the molecule is Cc1c(OC(Oc2cc(O)cc(O)c2)(c2ccc(O)c(O)c2)C(C)O)cc2c(c1O)C(=O)C(O)C(c1ccc(O)c(O)c1O)O2. The molecule has 5 rings (SSSR count). The van der Waals surface area contributed by atoms with Gasteiger partial charge < -0.3 is 65.3 Å². The molecule has 14 heteroatoms. The fourth-order valence-corrected chi connectivity index (χ4v) is 4.95. The van der Waals surface area contributed by atoms with Crippen LogP contribution in [0.25, 0.3) is 0 Å². The minimum absolute atomic E-state index is 0.0953. The quantitative estimate of drug-likeness (QED) is 0.105. The Morgan fingerprint density at radius 3 is 2.04 bits per heavy atom. The number of carbonyl (C=O) groups excluding carboxylic acids is 1. The van der Waals surface area contributed by atoms with E-state index in [0.717, 1.165) is 48.5 Å². The number of benzene rings is 4. The van der Waals surface area contributed by atoms with Gasteiger partial charge in [-0.3, -0.25) is 4.79 Å². The van der Waals surface area contributed by atoms with Crippen molar-refractivity contribution in [3.63, 3.8) is 0 Å². The predicted molar refractivity (Wildman–Crippen MR) is 152 cm³/mol. The highest BCUT2D eigenvalue weighted by atomic mass is 16.7. The van der Waals surface area contributed by atoms with E-state index >= 15 is 0 Å². The van der Waals surface area contributed by atoms with E-state index in [9.17, 15) is 55.9 Å². The Labute approximate surface area is 254 Å². The third-order valence-electron chi connectivity index (χ3n) is 7.33. The largest absolute Gasteiger partial charge is 0.508 e. The highest BCUT2D eigenvalue weighted by Crippen LogP contribution is 2.50. The van der Waals surface area contributed by atoms with Crippen LogP contribution in [0.5, 0.6) is 63.2 Å². The van der Waals surface area contributed by atoms with Gasteiger partial charge in [-0.1, -0.05) is 0 Å². The minimum atomic E-state index is -2.35. The molecule has 1 heterocycles. The maximum absolute atomic E-state index is 13.2. The molecule has 0 fully saturated rings. The van der Waals surface area contributed by atoms with Crippen LogP contribution in [0.3, 0.4) is 0 Å². The van der Waals surface area contributed by atoms with Crippen LogP contribution in [-0.4, -0.2) is 69.1 Å². The van der Waals surface area contributed by atoms with Gasteiger partial charge in [0.1, 0.15) is 46.2 Å². The monoisotopic (exact) mass is 624 g/mol. The number of fused-ring (bicyclic) bond motifs is 1. The van der Waals surface area contributed by atoms with Crippen LogP contribution >= 0.6 is 0 Å². The molecule has 1 aliphatic rings. The Hall–Kier alpha value is -5.73. The molecule has 4 aromatic carbocycles. The zero-order valence-corrected chi connectivity index (χ0v) is 23.5. The van der Waals surface area contributed by atoms with E-state index in [1.165, 1.54) is 19.9 Å². The van der Waals surface area contributed by atoms with Gasteiger partial charge in [0.15, 0.2) is 35.2 Å². The Morgan fingerprint density at radius 1 is 0.778 bits per heavy atom. The molecule has 0 radical (unpaired) electrons. The third-order valence-corrected chi connectivity index (χ3v) is 7.33. The summed E-state index contributed by atoms with van der Waals surface area (Å²) >= 11 is 0. The standard InChI is InChI=1S/C31H28O14/c1-12-22(11-23-24(25(12)38)28(41)29(42)30(43-23)18-4-6-20(36)27(40)26(18)39)45-31(13(2)32,14-3-5-19(35)21(37)7-14)44-17-9-15(33)8-16(34)10-17/h3-11,13,29-30,32-40,42H,1-2H3. The molecule has 4 unspecified atom stereocenters. The van der Waals surface area contributed by atoms with E-state index in [1.807, 2.05) is 0 Å². The Balaban J connectivity index is 1.67. The molecule has 0 bridgehead atoms. The van der Waals surface area contributed by atoms with Gasteiger partial charge in [-0.15, -0.1) is 0 Å². The van der Waals surface area contributed by atoms with Crippen LogP contribution in [0.1, 0.15) is 40.1 Å². The van der Waals surface area contributed by atoms with E-state index in [2.05, 4.69) is 0 Å². The number of hydrogen-bond donors (Lipinski definition) is 10. The van der Waals surface area contributed by atoms with Crippen LogP contribution in [-0.2, 0) is 5.79 Å². The van der Waals surface area contributed by atoms with Crippen molar-refractivity contribution in [2.24, 2.45) is 0 Å². The first-order chi connectivity index (χ1) is 21.1. The van der Waals surface area contributed by atoms with Crippen LogP contribution in [0.2, 0.25) is 0 Å². The average Bonchev–Trinajstić information content (AvgIpc) is 2.97. The Morgan fingerprint density at radius 2 is 1.42 bits per heavy atom. The van der Waals surface area contributed by atoms with Crippen molar-refractivity contribution >= 4 is 5.78 Å². The fraction of sp³-hybridized carbons (Fsp3) is 0.194. The van der Waals surface area contributed by atoms with Crippen molar-refractivity contribution < 1.29 is 70.1 Å². The zero-order valence-electron chi connectivity index (χ0n) is 23.5. The summed E-state index contributed by atoms with van der Waals surface area (Å²) in [6.07, 6.45) is -5.24. The molecule has 4 aromatic rings. The van der Waals surface area contributed by atoms with Gasteiger partial charge in [0.05, 0.1) is 0 Å². The first-order valence-electron chi connectivity index (χ1n) is 13.3. The summed E-state index contributed by atoms with van der Waals surface area (Å²) in [5, 5.41) is 103. The predicted octanol–water partition coefficient (Wildman–Crippen LogP) is 3.01. The number of hydrogen-bond acceptors (Lipinski definition) is 14. The number of aliphatic hydroxyl groups excluding tert-OH is 2. The summed E-state index contributed by atoms with van der Waals surface area (Å²) in [6, 6.07) is 9.77. The van der Waals surface area contributed by atoms with E-state index in [4.69, 9.17) is 14.2 Å². The number of phenols is 8. The third kappa shape index (κ3) is 5.21. The van der Waals surface area contributed by atoms with Gasteiger partial charge in [0, 0.05) is 41.0 Å². The first-order valence-corrected chi connectivity index (χ1v) is 13.3. The number of rotatable bonds is 7. The summed E-state index contributed by atoms with van der Waals surface area (Å²) in [5.74, 6) is -9.36. The molecule has 0 aliphatic carbocycles. The van der Waals surface area contributed by atoms with Crippen LogP contribution in [0, 0.1) is 6.92 Å². The number of aromatic hydroxyl groups is 8. The second-order valence-electron chi connectivity index (χ2n) is 10.4. The first kappa shape index (κ1) is 30.7. The van der Waals surface area contributed by atoms with Crippen molar-refractivity contribution in [2.45, 2.75) is 37.9 Å². The zero-order chi connectivity index (χ0) is 33.0. The molecule has 10 N–H and O–H groups in total. The normalized spacial score (nSPS) is 17.9. The fourth-order valence-electron chi connectivity index (χ4n) is 4.95. The van der Waals surface area contributed by atoms with Gasteiger partial charge in [0.2, 0.25) is 11.5 Å². The molecule has 0 aromatic heterocycles. The maximum Gasteiger partial charge on any atom is 0.304 e. The van der Waals surface area contributed by atoms with Crippen molar-refractivity contribution in [1.29, 1.82) is 0 Å². The second-order valence-corrected chi connectivity index (χ2v) is 10.4. The second kappa shape index (κ2) is 11.1. The van der Waals surface area contributed by atoms with Crippen LogP contribution < -0.4 is 14.2 Å². The Kier molecular flexibility index (Phi) is 7.56. The molecule has 45 heavy (non-hydrogen) atoms. The number of ketones is 1. The number of aliphatic hydroxyl groups is 2. The van der Waals surface area contributed by atoms with Crippen molar-refractivity contribution in [3.8, 4) is 63.2 Å². The van der Waals surface area contributed by atoms with Gasteiger partial charge in [-0.05, 0) is 44.2 Å². The summed E-state index contributed by atoms with van der Waals surface area (Å²) in [6.45, 7) is 2.58. The lowest BCUT2D eigenvalue weighted by molar-refractivity contribution is -0.189. The lowest BCUT2D eigenvalue weighted by atomic mass is 9.91. The summed E-state index contributed by atoms with van der Waals surface area (Å²) in [5.41, 5.74) is -0.919. The molecular weight excluding hydrogens is 596 g/mol. The molecule has 1 aliphatic heterocycles. The molecule has 14 nitrogen and oxygen atoms in total. The van der Waals surface area contributed by atoms with E-state index in [0.29, 0.717) is 0 Å². The van der Waals surface area contributed by atoms with Crippen molar-refractivity contribution in [2.75, 3.05) is 0 Å². The molecular formula is C31H28O14. The van der Waals surface area contributed by atoms with E-state index in [-0.39, 0.29) is 33.9 Å². The lowest BCUT2D eigenvalue weighted by Gasteiger charge is -2.38. The molecule has 0 saturated carbocycles. The van der Waals surface area contributed by atoms with Gasteiger partial charge in [-0.2, -0.15) is 0 Å². The van der Waals surface area contributed by atoms with E-state index in [1.54, 1.807) is 0 Å². The minimum Gasteiger partial charge on any atom is -0.508 e. The highest BCUT2D eigenvalue weighted by Gasteiger charge is 2.46.